The predicted octanol–water partition coefficient (Wildman–Crippen LogP) is -0.655. The molecule has 0 saturated carbocycles. The van der Waals surface area contributed by atoms with Crippen molar-refractivity contribution in [3.8, 4) is 0 Å². The number of rotatable bonds is 2. The molecule has 0 aromatic carbocycles. The highest BCUT2D eigenvalue weighted by molar-refractivity contribution is 6.03. The van der Waals surface area contributed by atoms with Crippen molar-refractivity contribution in [2.75, 3.05) is 20.1 Å². The first-order valence-electron chi connectivity index (χ1n) is 6.92. The Labute approximate surface area is 125 Å². The lowest BCUT2D eigenvalue weighted by molar-refractivity contribution is -0.149. The zero-order valence-electron chi connectivity index (χ0n) is 13.3. The van der Waals surface area contributed by atoms with E-state index in [4.69, 9.17) is 10.1 Å². The number of hydrogen-bond donors (Lipinski definition) is 2. The topological polar surface area (TPSA) is 87.5 Å². The first-order chi connectivity index (χ1) is 9.65. The van der Waals surface area contributed by atoms with E-state index in [1.54, 1.807) is 40.1 Å². The van der Waals surface area contributed by atoms with E-state index < -0.39 is 11.7 Å². The number of carbonyl (C=O) groups excluding carboxylic acids is 2. The fraction of sp³-hybridized carbons (Fsp3) is 0.643. The highest BCUT2D eigenvalue weighted by Gasteiger charge is 2.40. The molecule has 0 aromatic rings. The van der Waals surface area contributed by atoms with Gasteiger partial charge in [0.05, 0.1) is 6.54 Å². The Kier molecular flexibility index (Phi) is 5.34. The third kappa shape index (κ3) is 4.77. The first-order valence-corrected chi connectivity index (χ1v) is 6.92. The smallest absolute Gasteiger partial charge is 0.410 e. The van der Waals surface area contributed by atoms with Crippen LogP contribution >= 0.6 is 0 Å². The summed E-state index contributed by atoms with van der Waals surface area (Å²) in [6, 6.07) is -0.208. The van der Waals surface area contributed by atoms with E-state index in [1.165, 1.54) is 9.80 Å². The molecule has 118 valence electrons. The highest BCUT2D eigenvalue weighted by atomic mass is 16.6. The Morgan fingerprint density at radius 3 is 2.57 bits per heavy atom. The molecule has 1 atom stereocenters. The Hall–Kier alpha value is -2.05. The number of nitrogens with zero attached hydrogens (tertiary/aromatic N) is 2. The molecule has 1 saturated heterocycles. The van der Waals surface area contributed by atoms with Crippen molar-refractivity contribution in [2.24, 2.45) is 0 Å². The molecule has 1 aliphatic heterocycles. The van der Waals surface area contributed by atoms with Gasteiger partial charge in [-0.3, -0.25) is 10.3 Å². The van der Waals surface area contributed by atoms with Crippen LogP contribution in [0.5, 0.6) is 0 Å². The Bertz CT molecular complexity index is 454. The highest BCUT2D eigenvalue weighted by Crippen LogP contribution is 2.15. The van der Waals surface area contributed by atoms with Gasteiger partial charge < -0.3 is 10.1 Å². The summed E-state index contributed by atoms with van der Waals surface area (Å²) in [6.45, 7) is 7.57. The summed E-state index contributed by atoms with van der Waals surface area (Å²) in [6.07, 6.45) is 2.79. The van der Waals surface area contributed by atoms with Crippen LogP contribution in [-0.2, 0) is 9.53 Å². The van der Waals surface area contributed by atoms with Gasteiger partial charge in [0.1, 0.15) is 18.2 Å². The van der Waals surface area contributed by atoms with Crippen LogP contribution in [0, 0.1) is 0 Å². The predicted molar refractivity (Wildman–Crippen MR) is 79.2 cm³/mol. The van der Waals surface area contributed by atoms with Crippen LogP contribution in [0.1, 0.15) is 27.7 Å². The van der Waals surface area contributed by atoms with Gasteiger partial charge in [-0.2, -0.15) is 4.90 Å². The molecule has 0 radical (unpaired) electrons. The quantitative estimate of drug-likeness (QED) is 0.523. The van der Waals surface area contributed by atoms with Crippen LogP contribution in [0.15, 0.2) is 12.3 Å². The van der Waals surface area contributed by atoms with E-state index in [-0.39, 0.29) is 18.5 Å². The molecule has 0 bridgehead atoms. The standard InChI is InChI=1S/C14H24N4O3/c1-10-8-17(13(20)21-14(2,3)4)9-12(19)18(10)11(15)6-7-16-5/h6-7,10,15-16H,8-9H2,1-5H3/p+1/b7-6-,15-11?/t10-/m0/s1. The van der Waals surface area contributed by atoms with Gasteiger partial charge in [0, 0.05) is 19.3 Å². The van der Waals surface area contributed by atoms with Gasteiger partial charge in [0.2, 0.25) is 0 Å². The maximum absolute atomic E-state index is 12.2. The monoisotopic (exact) mass is 297 g/mol. The molecular weight excluding hydrogens is 272 g/mol. The number of hydrogen-bond acceptors (Lipinski definition) is 4. The number of carbonyl (C=O) groups is 2. The molecule has 3 N–H and O–H groups in total. The molecule has 1 aliphatic rings. The number of amidine groups is 1. The summed E-state index contributed by atoms with van der Waals surface area (Å²) < 4.78 is 5.29. The molecule has 7 heteroatoms. The SMILES string of the molecule is CN/C=C\C(=[NH2+])N1C(=O)CN(C(=O)OC(C)(C)C)C[C@@H]1C. The lowest BCUT2D eigenvalue weighted by Crippen LogP contribution is -2.64. The van der Waals surface area contributed by atoms with Gasteiger partial charge in [0.25, 0.3) is 5.84 Å². The second kappa shape index (κ2) is 6.60. The molecule has 1 rings (SSSR count). The number of amides is 2. The van der Waals surface area contributed by atoms with Crippen molar-refractivity contribution in [3.05, 3.63) is 12.3 Å². The average Bonchev–Trinajstić information content (AvgIpc) is 2.33. The van der Waals surface area contributed by atoms with Crippen LogP contribution in [0.3, 0.4) is 0 Å². The molecule has 0 aromatic heterocycles. The van der Waals surface area contributed by atoms with Crippen molar-refractivity contribution in [2.45, 2.75) is 39.3 Å². The molecule has 0 unspecified atom stereocenters. The van der Waals surface area contributed by atoms with E-state index in [0.29, 0.717) is 12.4 Å². The van der Waals surface area contributed by atoms with Crippen LogP contribution < -0.4 is 10.7 Å². The summed E-state index contributed by atoms with van der Waals surface area (Å²) in [5, 5.41) is 8.72. The maximum Gasteiger partial charge on any atom is 0.410 e. The van der Waals surface area contributed by atoms with Crippen LogP contribution in [0.4, 0.5) is 4.79 Å². The molecule has 1 fully saturated rings. The van der Waals surface area contributed by atoms with Gasteiger partial charge in [0.15, 0.2) is 0 Å². The lowest BCUT2D eigenvalue weighted by atomic mass is 10.1. The largest absolute Gasteiger partial charge is 0.444 e. The van der Waals surface area contributed by atoms with Crippen molar-refractivity contribution < 1.29 is 19.7 Å². The van der Waals surface area contributed by atoms with Crippen molar-refractivity contribution in [1.29, 1.82) is 0 Å². The zero-order valence-corrected chi connectivity index (χ0v) is 13.3. The summed E-state index contributed by atoms with van der Waals surface area (Å²) in [7, 11) is 1.75. The minimum absolute atomic E-state index is 0.0344. The number of nitrogens with two attached hydrogens (primary N) is 1. The van der Waals surface area contributed by atoms with Gasteiger partial charge >= 0.3 is 12.0 Å². The third-order valence-corrected chi connectivity index (χ3v) is 2.87. The second-order valence-corrected chi connectivity index (χ2v) is 6.02. The molecule has 7 nitrogen and oxygen atoms in total. The van der Waals surface area contributed by atoms with E-state index in [0.717, 1.165) is 0 Å². The van der Waals surface area contributed by atoms with Crippen LogP contribution in [-0.4, -0.2) is 59.4 Å². The molecule has 0 spiro atoms. The normalized spacial score (nSPS) is 19.9. The summed E-state index contributed by atoms with van der Waals surface area (Å²) in [5.74, 6) is 0.128. The van der Waals surface area contributed by atoms with E-state index in [1.807, 2.05) is 6.92 Å². The minimum Gasteiger partial charge on any atom is -0.444 e. The maximum atomic E-state index is 12.2. The fourth-order valence-corrected chi connectivity index (χ4v) is 2.06. The van der Waals surface area contributed by atoms with Gasteiger partial charge in [-0.25, -0.2) is 9.59 Å². The van der Waals surface area contributed by atoms with Crippen molar-refractivity contribution in [1.82, 2.24) is 15.1 Å². The summed E-state index contributed by atoms with van der Waals surface area (Å²) >= 11 is 0. The van der Waals surface area contributed by atoms with Gasteiger partial charge in [-0.15, -0.1) is 0 Å². The molecular formula is C14H25N4O3+. The van der Waals surface area contributed by atoms with Gasteiger partial charge in [-0.05, 0) is 27.7 Å². The number of piperazine rings is 1. The average molecular weight is 297 g/mol. The van der Waals surface area contributed by atoms with Crippen LogP contribution in [0.2, 0.25) is 0 Å². The second-order valence-electron chi connectivity index (χ2n) is 6.02. The molecule has 0 aliphatic carbocycles. The summed E-state index contributed by atoms with van der Waals surface area (Å²) in [5.41, 5.74) is -0.582. The van der Waals surface area contributed by atoms with E-state index >= 15 is 0 Å². The van der Waals surface area contributed by atoms with Crippen molar-refractivity contribution >= 4 is 17.8 Å². The van der Waals surface area contributed by atoms with E-state index in [9.17, 15) is 9.59 Å². The van der Waals surface area contributed by atoms with Crippen molar-refractivity contribution in [3.63, 3.8) is 0 Å². The van der Waals surface area contributed by atoms with Crippen LogP contribution in [0.25, 0.3) is 0 Å². The van der Waals surface area contributed by atoms with Gasteiger partial charge in [-0.1, -0.05) is 0 Å². The minimum atomic E-state index is -0.582. The zero-order chi connectivity index (χ0) is 16.2. The first kappa shape index (κ1) is 17.0. The lowest BCUT2D eigenvalue weighted by Gasteiger charge is -2.34. The Morgan fingerprint density at radius 2 is 2.10 bits per heavy atom. The third-order valence-electron chi connectivity index (χ3n) is 2.87. The fourth-order valence-electron chi connectivity index (χ4n) is 2.06. The molecule has 21 heavy (non-hydrogen) atoms. The number of nitrogens with one attached hydrogen (secondary N) is 1. The summed E-state index contributed by atoms with van der Waals surface area (Å²) in [4.78, 5) is 27.1. The molecule has 2 amide bonds. The Balaban J connectivity index is 2.74. The molecule has 1 heterocycles. The van der Waals surface area contributed by atoms with E-state index in [2.05, 4.69) is 5.32 Å². The Morgan fingerprint density at radius 1 is 1.48 bits per heavy atom. The number of ether oxygens (including phenoxy) is 1.